The highest BCUT2D eigenvalue weighted by Crippen LogP contribution is 2.42. The van der Waals surface area contributed by atoms with Gasteiger partial charge in [-0.3, -0.25) is 0 Å². The minimum atomic E-state index is -1.88. The third-order valence-corrected chi connectivity index (χ3v) is 7.02. The van der Waals surface area contributed by atoms with E-state index in [1.165, 1.54) is 0 Å². The Kier molecular flexibility index (Phi) is 12.8. The molecule has 0 fully saturated rings. The van der Waals surface area contributed by atoms with Crippen molar-refractivity contribution >= 4 is 162 Å². The molecule has 0 saturated carbocycles. The zero-order valence-electron chi connectivity index (χ0n) is 19.6. The molecule has 2 aromatic heterocycles. The molecule has 0 amide bonds. The van der Waals surface area contributed by atoms with Crippen LogP contribution in [0.15, 0.2) is 48.5 Å². The molecule has 0 aliphatic heterocycles. The molecule has 0 atom stereocenters. The summed E-state index contributed by atoms with van der Waals surface area (Å²) in [6.07, 6.45) is 0. The van der Waals surface area contributed by atoms with Gasteiger partial charge in [-0.25, -0.2) is 29.9 Å². The summed E-state index contributed by atoms with van der Waals surface area (Å²) in [6, 6.07) is 13.4. The van der Waals surface area contributed by atoms with Crippen molar-refractivity contribution in [2.24, 2.45) is 0 Å². The summed E-state index contributed by atoms with van der Waals surface area (Å²) in [5.41, 5.74) is 1.21. The van der Waals surface area contributed by atoms with E-state index in [2.05, 4.69) is 29.9 Å². The normalized spacial score (nSPS) is 12.5. The van der Waals surface area contributed by atoms with Gasteiger partial charge in [0.05, 0.1) is 0 Å². The third kappa shape index (κ3) is 10.8. The average Bonchev–Trinajstić information content (AvgIpc) is 2.87. The Morgan fingerprint density at radius 1 is 0.333 bits per heavy atom. The lowest BCUT2D eigenvalue weighted by Gasteiger charge is -2.15. The highest BCUT2D eigenvalue weighted by molar-refractivity contribution is 6.68. The Bertz CT molecular complexity index is 1350. The largest absolute Gasteiger partial charge is 0.250 e. The summed E-state index contributed by atoms with van der Waals surface area (Å²) in [5, 5.41) is 1.10. The standard InChI is InChI=1S/2C11H4Cl7N3/c2*12-6-3-1-5(2-4-6)7-19-8(10(13,14)15)21-9(20-7)11(16,17)18/h2*1-4H. The Labute approximate surface area is 309 Å². The van der Waals surface area contributed by atoms with Crippen LogP contribution in [0.1, 0.15) is 23.3 Å². The van der Waals surface area contributed by atoms with E-state index < -0.39 is 15.2 Å². The molecule has 42 heavy (non-hydrogen) atoms. The zero-order valence-corrected chi connectivity index (χ0v) is 30.2. The van der Waals surface area contributed by atoms with Crippen LogP contribution in [0.25, 0.3) is 22.8 Å². The zero-order chi connectivity index (χ0) is 31.7. The lowest BCUT2D eigenvalue weighted by atomic mass is 10.2. The fourth-order valence-corrected chi connectivity index (χ4v) is 3.98. The van der Waals surface area contributed by atoms with Crippen LogP contribution in [0.4, 0.5) is 0 Å². The Morgan fingerprint density at radius 3 is 0.738 bits per heavy atom. The van der Waals surface area contributed by atoms with E-state index in [-0.39, 0.29) is 34.9 Å². The minimum Gasteiger partial charge on any atom is -0.209 e. The molecule has 0 unspecified atom stereocenters. The quantitative estimate of drug-likeness (QED) is 0.187. The molecule has 0 saturated heterocycles. The number of benzene rings is 2. The molecule has 4 aromatic rings. The van der Waals surface area contributed by atoms with Crippen LogP contribution in [0.2, 0.25) is 10.0 Å². The minimum absolute atomic E-state index is 0.145. The number of rotatable bonds is 2. The van der Waals surface area contributed by atoms with Crippen LogP contribution in [0, 0.1) is 0 Å². The van der Waals surface area contributed by atoms with E-state index >= 15 is 0 Å². The monoisotopic (exact) mass is 846 g/mol. The highest BCUT2D eigenvalue weighted by atomic mass is 35.6. The number of aromatic nitrogens is 6. The van der Waals surface area contributed by atoms with Crippen LogP contribution in [-0.2, 0) is 15.2 Å². The van der Waals surface area contributed by atoms with Gasteiger partial charge in [0.2, 0.25) is 15.2 Å². The molecule has 0 spiro atoms. The maximum Gasteiger partial charge on any atom is 0.250 e. The van der Waals surface area contributed by atoms with Gasteiger partial charge in [0.25, 0.3) is 0 Å². The van der Waals surface area contributed by atoms with Crippen molar-refractivity contribution < 1.29 is 0 Å². The molecular formula is C22H8Cl14N6. The molecule has 0 bridgehead atoms. The predicted octanol–water partition coefficient (Wildman–Crippen LogP) is 11.7. The van der Waals surface area contributed by atoms with E-state index in [1.54, 1.807) is 48.5 Å². The van der Waals surface area contributed by atoms with Gasteiger partial charge in [0.1, 0.15) is 0 Å². The van der Waals surface area contributed by atoms with Crippen molar-refractivity contribution in [3.05, 3.63) is 81.9 Å². The number of alkyl halides is 12. The topological polar surface area (TPSA) is 77.3 Å². The first kappa shape index (κ1) is 37.0. The third-order valence-electron chi connectivity index (χ3n) is 4.49. The van der Waals surface area contributed by atoms with Gasteiger partial charge in [-0.05, 0) is 48.5 Å². The fraction of sp³-hybridized carbons (Fsp3) is 0.182. The smallest absolute Gasteiger partial charge is 0.209 e. The molecule has 6 nitrogen and oxygen atoms in total. The second-order valence-electron chi connectivity index (χ2n) is 7.62. The van der Waals surface area contributed by atoms with Gasteiger partial charge in [-0.2, -0.15) is 0 Å². The maximum absolute atomic E-state index is 5.83. The van der Waals surface area contributed by atoms with Crippen LogP contribution in [0.3, 0.4) is 0 Å². The second-order valence-corrected chi connectivity index (χ2v) is 17.6. The molecule has 2 aromatic carbocycles. The molecular weight excluding hydrogens is 845 g/mol. The molecule has 2 heterocycles. The summed E-state index contributed by atoms with van der Waals surface area (Å²) in [6.45, 7) is 0. The SMILES string of the molecule is Clc1ccc(-c2nc(C(Cl)(Cl)Cl)nc(C(Cl)(Cl)Cl)n2)cc1.Clc1ccc(-c2nc(C(Cl)(Cl)Cl)nc(C(Cl)(Cl)Cl)n2)cc1. The van der Waals surface area contributed by atoms with Gasteiger partial charge in [-0.15, -0.1) is 0 Å². The van der Waals surface area contributed by atoms with Crippen LogP contribution in [-0.4, -0.2) is 29.9 Å². The molecule has 0 aliphatic carbocycles. The van der Waals surface area contributed by atoms with Crippen LogP contribution >= 0.6 is 162 Å². The van der Waals surface area contributed by atoms with Crippen molar-refractivity contribution in [2.75, 3.05) is 0 Å². The lowest BCUT2D eigenvalue weighted by Crippen LogP contribution is -2.16. The Balaban J connectivity index is 0.000000230. The summed E-state index contributed by atoms with van der Waals surface area (Å²) in [5.74, 6) is -0.182. The number of hydrogen-bond donors (Lipinski definition) is 0. The lowest BCUT2D eigenvalue weighted by molar-refractivity contribution is 0.851. The van der Waals surface area contributed by atoms with Crippen LogP contribution in [0.5, 0.6) is 0 Å². The highest BCUT2D eigenvalue weighted by Gasteiger charge is 2.35. The summed E-state index contributed by atoms with van der Waals surface area (Å²) in [4.78, 5) is 24.1. The summed E-state index contributed by atoms with van der Waals surface area (Å²) >= 11 is 81.2. The molecule has 20 heteroatoms. The van der Waals surface area contributed by atoms with Crippen molar-refractivity contribution in [3.63, 3.8) is 0 Å². The number of halogens is 14. The molecule has 0 aliphatic rings. The fourth-order valence-electron chi connectivity index (χ4n) is 2.72. The molecule has 224 valence electrons. The first-order valence-corrected chi connectivity index (χ1v) is 15.8. The van der Waals surface area contributed by atoms with Crippen LogP contribution < -0.4 is 0 Å². The first-order chi connectivity index (χ1) is 19.1. The van der Waals surface area contributed by atoms with E-state index in [4.69, 9.17) is 162 Å². The van der Waals surface area contributed by atoms with E-state index in [1.807, 2.05) is 0 Å². The van der Waals surface area contributed by atoms with Gasteiger partial charge >= 0.3 is 0 Å². The second kappa shape index (κ2) is 14.5. The molecule has 0 N–H and O–H groups in total. The Hall–Kier alpha value is 0.520. The van der Waals surface area contributed by atoms with Crippen molar-refractivity contribution in [1.29, 1.82) is 0 Å². The van der Waals surface area contributed by atoms with E-state index in [0.29, 0.717) is 21.2 Å². The van der Waals surface area contributed by atoms with Gasteiger partial charge in [0.15, 0.2) is 34.9 Å². The Morgan fingerprint density at radius 2 is 0.548 bits per heavy atom. The van der Waals surface area contributed by atoms with Gasteiger partial charge in [-0.1, -0.05) is 162 Å². The average molecular weight is 853 g/mol. The van der Waals surface area contributed by atoms with E-state index in [9.17, 15) is 0 Å². The van der Waals surface area contributed by atoms with Crippen molar-refractivity contribution in [2.45, 2.75) is 15.2 Å². The van der Waals surface area contributed by atoms with E-state index in [0.717, 1.165) is 0 Å². The molecule has 4 rings (SSSR count). The first-order valence-electron chi connectivity index (χ1n) is 10.5. The molecule has 0 radical (unpaired) electrons. The van der Waals surface area contributed by atoms with Gasteiger partial charge < -0.3 is 0 Å². The summed E-state index contributed by atoms with van der Waals surface area (Å²) in [7, 11) is 0. The van der Waals surface area contributed by atoms with Crippen molar-refractivity contribution in [1.82, 2.24) is 29.9 Å². The van der Waals surface area contributed by atoms with Gasteiger partial charge in [0, 0.05) is 21.2 Å². The maximum atomic E-state index is 5.83. The summed E-state index contributed by atoms with van der Waals surface area (Å²) < 4.78 is -7.52. The number of nitrogens with zero attached hydrogens (tertiary/aromatic N) is 6. The number of hydrogen-bond acceptors (Lipinski definition) is 6. The van der Waals surface area contributed by atoms with Crippen molar-refractivity contribution in [3.8, 4) is 22.8 Å². The predicted molar refractivity (Wildman–Crippen MR) is 177 cm³/mol.